The van der Waals surface area contributed by atoms with Gasteiger partial charge < -0.3 is 9.84 Å². The quantitative estimate of drug-likeness (QED) is 0.285. The SMILES string of the molecule is O=C(O)c1c(Oc2ccc(-c3ccccc3-c3nn[nH]n3)cc2)c(C2CC2)nc2cc(Cl)ccc12.[KH].[KH]. The average molecular weight is 564 g/mol. The molecule has 1 saturated carbocycles. The van der Waals surface area contributed by atoms with Crippen LogP contribution in [0, 0.1) is 0 Å². The Morgan fingerprint density at radius 2 is 1.73 bits per heavy atom. The molecule has 8 nitrogen and oxygen atoms in total. The summed E-state index contributed by atoms with van der Waals surface area (Å²) < 4.78 is 6.22. The van der Waals surface area contributed by atoms with E-state index in [-0.39, 0.29) is 120 Å². The molecule has 176 valence electrons. The van der Waals surface area contributed by atoms with Gasteiger partial charge in [0.25, 0.3) is 0 Å². The molecule has 0 atom stereocenters. The number of halogens is 1. The third-order valence-electron chi connectivity index (χ3n) is 6.01. The molecule has 0 bridgehead atoms. The number of hydrogen-bond donors (Lipinski definition) is 2. The van der Waals surface area contributed by atoms with Crippen LogP contribution in [0.2, 0.25) is 5.02 Å². The molecule has 2 N–H and O–H groups in total. The van der Waals surface area contributed by atoms with Gasteiger partial charge >= 0.3 is 109 Å². The van der Waals surface area contributed by atoms with Crippen molar-refractivity contribution >= 4 is 131 Å². The molecule has 37 heavy (non-hydrogen) atoms. The zero-order valence-corrected chi connectivity index (χ0v) is 19.0. The number of nitrogens with zero attached hydrogens (tertiary/aromatic N) is 4. The van der Waals surface area contributed by atoms with Crippen LogP contribution in [0.1, 0.15) is 34.8 Å². The fourth-order valence-corrected chi connectivity index (χ4v) is 4.38. The normalized spacial score (nSPS) is 12.5. The summed E-state index contributed by atoms with van der Waals surface area (Å²) in [5.74, 6) is 0.415. The summed E-state index contributed by atoms with van der Waals surface area (Å²) in [5.41, 5.74) is 4.03. The fourth-order valence-electron chi connectivity index (χ4n) is 4.21. The molecular formula is C26H20ClK2N5O3. The second-order valence-electron chi connectivity index (χ2n) is 8.35. The Bertz CT molecular complexity index is 1580. The summed E-state index contributed by atoms with van der Waals surface area (Å²) in [6.45, 7) is 0. The zero-order chi connectivity index (χ0) is 23.9. The van der Waals surface area contributed by atoms with E-state index < -0.39 is 5.97 Å². The van der Waals surface area contributed by atoms with Crippen molar-refractivity contribution in [3.8, 4) is 34.0 Å². The second-order valence-corrected chi connectivity index (χ2v) is 8.79. The first-order chi connectivity index (χ1) is 17.1. The zero-order valence-electron chi connectivity index (χ0n) is 18.3. The van der Waals surface area contributed by atoms with Gasteiger partial charge in [0.05, 0.1) is 11.2 Å². The van der Waals surface area contributed by atoms with Crippen LogP contribution in [0.3, 0.4) is 0 Å². The summed E-state index contributed by atoms with van der Waals surface area (Å²) in [6, 6.07) is 20.3. The molecule has 2 heterocycles. The van der Waals surface area contributed by atoms with Crippen LogP contribution in [-0.2, 0) is 0 Å². The van der Waals surface area contributed by atoms with E-state index in [2.05, 4.69) is 20.6 Å². The van der Waals surface area contributed by atoms with Gasteiger partial charge in [-0.25, -0.2) is 9.78 Å². The van der Waals surface area contributed by atoms with Crippen LogP contribution in [-0.4, -0.2) is 139 Å². The Morgan fingerprint density at radius 3 is 2.38 bits per heavy atom. The van der Waals surface area contributed by atoms with E-state index in [1.165, 1.54) is 0 Å². The van der Waals surface area contributed by atoms with Gasteiger partial charge in [-0.3, -0.25) is 0 Å². The predicted octanol–water partition coefficient (Wildman–Crippen LogP) is 4.81. The molecule has 0 unspecified atom stereocenters. The summed E-state index contributed by atoms with van der Waals surface area (Å²) in [4.78, 5) is 17.1. The molecule has 1 fully saturated rings. The first-order valence-electron chi connectivity index (χ1n) is 11.1. The molecule has 11 heteroatoms. The molecule has 6 rings (SSSR count). The summed E-state index contributed by atoms with van der Waals surface area (Å²) >= 11 is 6.15. The molecule has 5 aromatic rings. The van der Waals surface area contributed by atoms with Crippen LogP contribution >= 0.6 is 11.6 Å². The van der Waals surface area contributed by atoms with Crippen molar-refractivity contribution in [1.29, 1.82) is 0 Å². The number of benzene rings is 3. The number of aromatic amines is 1. The van der Waals surface area contributed by atoms with Crippen molar-refractivity contribution in [2.75, 3.05) is 0 Å². The summed E-state index contributed by atoms with van der Waals surface area (Å²) in [6.07, 6.45) is 1.89. The fraction of sp³-hybridized carbons (Fsp3) is 0.115. The Labute approximate surface area is 302 Å². The number of pyridine rings is 1. The van der Waals surface area contributed by atoms with Gasteiger partial charge in [-0.2, -0.15) is 5.21 Å². The van der Waals surface area contributed by atoms with E-state index >= 15 is 0 Å². The van der Waals surface area contributed by atoms with Crippen molar-refractivity contribution in [3.63, 3.8) is 0 Å². The monoisotopic (exact) mass is 563 g/mol. The number of rotatable bonds is 6. The number of carbonyl (C=O) groups is 1. The van der Waals surface area contributed by atoms with Crippen molar-refractivity contribution in [2.24, 2.45) is 0 Å². The first-order valence-corrected chi connectivity index (χ1v) is 11.4. The maximum atomic E-state index is 12.3. The van der Waals surface area contributed by atoms with E-state index in [4.69, 9.17) is 21.3 Å². The number of aromatic nitrogens is 5. The van der Waals surface area contributed by atoms with E-state index in [0.717, 1.165) is 29.5 Å². The Morgan fingerprint density at radius 1 is 1.00 bits per heavy atom. The van der Waals surface area contributed by atoms with Gasteiger partial charge in [0, 0.05) is 21.9 Å². The molecule has 0 aliphatic heterocycles. The number of carboxylic acids is 1. The number of nitrogens with one attached hydrogen (secondary N) is 1. The molecular weight excluding hydrogens is 544 g/mol. The Hall–Kier alpha value is -1.03. The average Bonchev–Trinajstić information content (AvgIpc) is 3.57. The molecule has 1 aliphatic carbocycles. The van der Waals surface area contributed by atoms with Crippen molar-refractivity contribution < 1.29 is 14.6 Å². The number of tetrazole rings is 1. The maximum absolute atomic E-state index is 12.3. The number of ether oxygens (including phenoxy) is 1. The molecule has 1 aliphatic rings. The van der Waals surface area contributed by atoms with Crippen LogP contribution in [0.4, 0.5) is 0 Å². The molecule has 2 aromatic heterocycles. The molecule has 3 aromatic carbocycles. The van der Waals surface area contributed by atoms with Gasteiger partial charge in [-0.1, -0.05) is 54.1 Å². The van der Waals surface area contributed by atoms with E-state index in [0.29, 0.717) is 33.2 Å². The summed E-state index contributed by atoms with van der Waals surface area (Å²) in [7, 11) is 0. The Balaban J connectivity index is 0.00000160. The third-order valence-corrected chi connectivity index (χ3v) is 6.24. The van der Waals surface area contributed by atoms with Gasteiger partial charge in [0.2, 0.25) is 5.82 Å². The second kappa shape index (κ2) is 12.4. The topological polar surface area (TPSA) is 114 Å². The Kier molecular flexibility index (Phi) is 9.74. The van der Waals surface area contributed by atoms with Gasteiger partial charge in [-0.15, -0.1) is 10.2 Å². The van der Waals surface area contributed by atoms with E-state index in [9.17, 15) is 9.90 Å². The number of H-pyrrole nitrogens is 1. The molecule has 0 spiro atoms. The molecule has 0 amide bonds. The molecule has 0 radical (unpaired) electrons. The van der Waals surface area contributed by atoms with Crippen LogP contribution < -0.4 is 4.74 Å². The number of carboxylic acid groups (broad SMARTS) is 1. The number of hydrogen-bond acceptors (Lipinski definition) is 6. The standard InChI is InChI=1S/C26H18ClN5O3.2K.2H/c27-16-9-12-20-21(13-16)28-23(15-5-6-15)24(22(20)26(33)34)35-17-10-7-14(8-11-17)18-3-1-2-4-19(18)25-29-31-32-30-25;;;;/h1-4,7-13,15H,5-6H2,(H,33,34)(H,29,30,31,32);;;;. The first kappa shape index (κ1) is 29.0. The summed E-state index contributed by atoms with van der Waals surface area (Å²) in [5, 5.41) is 25.4. The predicted molar refractivity (Wildman–Crippen MR) is 145 cm³/mol. The van der Waals surface area contributed by atoms with E-state index in [1.807, 2.05) is 48.5 Å². The van der Waals surface area contributed by atoms with Gasteiger partial charge in [0.1, 0.15) is 11.3 Å². The van der Waals surface area contributed by atoms with Crippen LogP contribution in [0.15, 0.2) is 66.7 Å². The van der Waals surface area contributed by atoms with Crippen LogP contribution in [0.25, 0.3) is 33.4 Å². The third kappa shape index (κ3) is 6.10. The van der Waals surface area contributed by atoms with Crippen molar-refractivity contribution in [3.05, 3.63) is 83.0 Å². The molecule has 0 saturated heterocycles. The minimum atomic E-state index is -1.07. The van der Waals surface area contributed by atoms with Crippen molar-refractivity contribution in [2.45, 2.75) is 18.8 Å². The number of aromatic carboxylic acids is 1. The van der Waals surface area contributed by atoms with Gasteiger partial charge in [0.15, 0.2) is 5.75 Å². The number of fused-ring (bicyclic) bond motifs is 1. The minimum absolute atomic E-state index is 0. The van der Waals surface area contributed by atoms with Crippen LogP contribution in [0.5, 0.6) is 11.5 Å². The van der Waals surface area contributed by atoms with E-state index in [1.54, 1.807) is 18.2 Å². The van der Waals surface area contributed by atoms with Crippen molar-refractivity contribution in [1.82, 2.24) is 25.6 Å². The van der Waals surface area contributed by atoms with Gasteiger partial charge in [-0.05, 0) is 53.4 Å².